The van der Waals surface area contributed by atoms with Crippen LogP contribution in [-0.4, -0.2) is 31.4 Å². The summed E-state index contributed by atoms with van der Waals surface area (Å²) >= 11 is 0. The zero-order valence-corrected chi connectivity index (χ0v) is 15.5. The molecule has 0 spiro atoms. The Bertz CT molecular complexity index is 965. The third-order valence-electron chi connectivity index (χ3n) is 4.72. The molecule has 0 fully saturated rings. The fourth-order valence-electron chi connectivity index (χ4n) is 3.32. The standard InChI is InChI=1S/C20H22FN5O/c1-14-12-25(13-22-14)17-8-7-15(11-18(17)27-2)10-16(21)20-23-19-6-4-3-5-9-26(19)24-20/h7-8,10-13H,3-6,9H2,1-2H3/b16-10-. The Morgan fingerprint density at radius 2 is 2.15 bits per heavy atom. The normalized spacial score (nSPS) is 14.7. The van der Waals surface area contributed by atoms with Crippen molar-refractivity contribution < 1.29 is 9.13 Å². The molecule has 3 heterocycles. The average Bonchev–Trinajstić information content (AvgIpc) is 3.22. The highest BCUT2D eigenvalue weighted by atomic mass is 19.1. The van der Waals surface area contributed by atoms with Gasteiger partial charge in [0.1, 0.15) is 11.6 Å². The summed E-state index contributed by atoms with van der Waals surface area (Å²) in [6.07, 6.45) is 9.25. The summed E-state index contributed by atoms with van der Waals surface area (Å²) in [7, 11) is 1.60. The minimum Gasteiger partial charge on any atom is -0.495 e. The van der Waals surface area contributed by atoms with Gasteiger partial charge in [0.15, 0.2) is 5.83 Å². The van der Waals surface area contributed by atoms with Crippen LogP contribution in [0.4, 0.5) is 4.39 Å². The molecule has 3 aromatic rings. The van der Waals surface area contributed by atoms with Crippen LogP contribution >= 0.6 is 0 Å². The van der Waals surface area contributed by atoms with E-state index in [1.807, 2.05) is 34.5 Å². The molecule has 0 bridgehead atoms. The van der Waals surface area contributed by atoms with Gasteiger partial charge in [0.05, 0.1) is 24.8 Å². The lowest BCUT2D eigenvalue weighted by Crippen LogP contribution is -2.02. The molecule has 27 heavy (non-hydrogen) atoms. The summed E-state index contributed by atoms with van der Waals surface area (Å²) < 4.78 is 23.9. The molecule has 1 aromatic carbocycles. The van der Waals surface area contributed by atoms with Crippen molar-refractivity contribution in [3.63, 3.8) is 0 Å². The minimum atomic E-state index is -0.441. The number of halogens is 1. The van der Waals surface area contributed by atoms with Gasteiger partial charge in [-0.1, -0.05) is 12.5 Å². The second-order valence-electron chi connectivity index (χ2n) is 6.73. The molecule has 1 aliphatic heterocycles. The van der Waals surface area contributed by atoms with Crippen LogP contribution in [0, 0.1) is 6.92 Å². The first-order chi connectivity index (χ1) is 13.1. The monoisotopic (exact) mass is 367 g/mol. The van der Waals surface area contributed by atoms with Gasteiger partial charge in [-0.05, 0) is 43.5 Å². The van der Waals surface area contributed by atoms with E-state index in [4.69, 9.17) is 4.74 Å². The maximum absolute atomic E-state index is 14.7. The van der Waals surface area contributed by atoms with Crippen LogP contribution < -0.4 is 4.74 Å². The highest BCUT2D eigenvalue weighted by molar-refractivity contribution is 5.75. The third kappa shape index (κ3) is 3.63. The van der Waals surface area contributed by atoms with Crippen molar-refractivity contribution in [2.24, 2.45) is 0 Å². The number of fused-ring (bicyclic) bond motifs is 1. The topological polar surface area (TPSA) is 57.8 Å². The van der Waals surface area contributed by atoms with E-state index in [-0.39, 0.29) is 5.82 Å². The van der Waals surface area contributed by atoms with Crippen molar-refractivity contribution in [1.82, 2.24) is 24.3 Å². The van der Waals surface area contributed by atoms with Gasteiger partial charge < -0.3 is 9.30 Å². The number of methoxy groups -OCH3 is 1. The summed E-state index contributed by atoms with van der Waals surface area (Å²) in [5.41, 5.74) is 2.45. The Labute approximate surface area is 157 Å². The van der Waals surface area contributed by atoms with Crippen LogP contribution in [0.3, 0.4) is 0 Å². The van der Waals surface area contributed by atoms with E-state index in [1.165, 1.54) is 12.5 Å². The molecule has 0 aliphatic carbocycles. The van der Waals surface area contributed by atoms with E-state index in [9.17, 15) is 4.39 Å². The third-order valence-corrected chi connectivity index (χ3v) is 4.72. The van der Waals surface area contributed by atoms with Gasteiger partial charge in [-0.2, -0.15) is 0 Å². The summed E-state index contributed by atoms with van der Waals surface area (Å²) in [5.74, 6) is 1.22. The van der Waals surface area contributed by atoms with Gasteiger partial charge in [0.25, 0.3) is 0 Å². The molecule has 0 saturated carbocycles. The van der Waals surface area contributed by atoms with Crippen LogP contribution in [0.25, 0.3) is 17.6 Å². The molecular formula is C20H22FN5O. The van der Waals surface area contributed by atoms with Gasteiger partial charge in [-0.15, -0.1) is 5.10 Å². The number of aromatic nitrogens is 5. The second kappa shape index (κ2) is 7.34. The molecule has 0 saturated heterocycles. The van der Waals surface area contributed by atoms with Crippen molar-refractivity contribution in [3.8, 4) is 11.4 Å². The van der Waals surface area contributed by atoms with E-state index in [1.54, 1.807) is 19.5 Å². The van der Waals surface area contributed by atoms with Gasteiger partial charge in [-0.25, -0.2) is 19.0 Å². The van der Waals surface area contributed by atoms with Gasteiger partial charge >= 0.3 is 0 Å². The Kier molecular flexibility index (Phi) is 4.75. The quantitative estimate of drug-likeness (QED) is 0.700. The Morgan fingerprint density at radius 1 is 1.26 bits per heavy atom. The van der Waals surface area contributed by atoms with Crippen molar-refractivity contribution in [3.05, 3.63) is 53.6 Å². The Hall–Kier alpha value is -2.96. The van der Waals surface area contributed by atoms with Crippen molar-refractivity contribution in [1.29, 1.82) is 0 Å². The second-order valence-corrected chi connectivity index (χ2v) is 6.73. The molecule has 2 aromatic heterocycles. The summed E-state index contributed by atoms with van der Waals surface area (Å²) in [6.45, 7) is 2.73. The molecule has 7 heteroatoms. The van der Waals surface area contributed by atoms with Crippen molar-refractivity contribution in [2.75, 3.05) is 7.11 Å². The number of imidazole rings is 1. The van der Waals surface area contributed by atoms with Crippen LogP contribution in [-0.2, 0) is 13.0 Å². The van der Waals surface area contributed by atoms with Crippen LogP contribution in [0.1, 0.15) is 42.2 Å². The molecule has 0 amide bonds. The number of hydrogen-bond donors (Lipinski definition) is 0. The van der Waals surface area contributed by atoms with E-state index in [2.05, 4.69) is 15.1 Å². The molecule has 0 atom stereocenters. The summed E-state index contributed by atoms with van der Waals surface area (Å²) in [4.78, 5) is 8.62. The minimum absolute atomic E-state index is 0.153. The van der Waals surface area contributed by atoms with Crippen molar-refractivity contribution >= 4 is 11.9 Å². The first-order valence-corrected chi connectivity index (χ1v) is 9.14. The number of nitrogens with zero attached hydrogens (tertiary/aromatic N) is 5. The van der Waals surface area contributed by atoms with Crippen LogP contribution in [0.5, 0.6) is 5.75 Å². The fourth-order valence-corrected chi connectivity index (χ4v) is 3.32. The van der Waals surface area contributed by atoms with E-state index >= 15 is 0 Å². The number of aryl methyl sites for hydroxylation is 3. The zero-order chi connectivity index (χ0) is 18.8. The average molecular weight is 367 g/mol. The highest BCUT2D eigenvalue weighted by Crippen LogP contribution is 2.27. The number of ether oxygens (including phenoxy) is 1. The molecule has 0 N–H and O–H groups in total. The smallest absolute Gasteiger partial charge is 0.210 e. The maximum Gasteiger partial charge on any atom is 0.210 e. The van der Waals surface area contributed by atoms with E-state index in [0.29, 0.717) is 11.3 Å². The predicted octanol–water partition coefficient (Wildman–Crippen LogP) is 3.97. The fraction of sp³-hybridized carbons (Fsp3) is 0.350. The number of hydrogen-bond acceptors (Lipinski definition) is 4. The molecule has 6 nitrogen and oxygen atoms in total. The van der Waals surface area contributed by atoms with Crippen molar-refractivity contribution in [2.45, 2.75) is 39.2 Å². The lowest BCUT2D eigenvalue weighted by molar-refractivity contribution is 0.413. The lowest BCUT2D eigenvalue weighted by atomic mass is 10.1. The van der Waals surface area contributed by atoms with Crippen LogP contribution in [0.2, 0.25) is 0 Å². The Morgan fingerprint density at radius 3 is 2.93 bits per heavy atom. The largest absolute Gasteiger partial charge is 0.495 e. The first kappa shape index (κ1) is 17.5. The summed E-state index contributed by atoms with van der Waals surface area (Å²) in [5, 5.41) is 4.34. The maximum atomic E-state index is 14.7. The van der Waals surface area contributed by atoms with Gasteiger partial charge in [-0.3, -0.25) is 0 Å². The highest BCUT2D eigenvalue weighted by Gasteiger charge is 2.16. The number of benzene rings is 1. The number of rotatable bonds is 4. The lowest BCUT2D eigenvalue weighted by Gasteiger charge is -2.10. The van der Waals surface area contributed by atoms with Crippen LogP contribution in [0.15, 0.2) is 30.7 Å². The van der Waals surface area contributed by atoms with E-state index in [0.717, 1.165) is 43.0 Å². The molecule has 0 unspecified atom stereocenters. The first-order valence-electron chi connectivity index (χ1n) is 9.14. The van der Waals surface area contributed by atoms with E-state index < -0.39 is 5.83 Å². The summed E-state index contributed by atoms with van der Waals surface area (Å²) in [6, 6.07) is 5.52. The predicted molar refractivity (Wildman–Crippen MR) is 101 cm³/mol. The molecule has 4 rings (SSSR count). The molecular weight excluding hydrogens is 345 g/mol. The van der Waals surface area contributed by atoms with Gasteiger partial charge in [0, 0.05) is 19.2 Å². The molecule has 140 valence electrons. The van der Waals surface area contributed by atoms with Gasteiger partial charge in [0.2, 0.25) is 5.82 Å². The molecule has 0 radical (unpaired) electrons. The Balaban J connectivity index is 1.63. The SMILES string of the molecule is COc1cc(/C=C(\F)c2nc3n(n2)CCCCC3)ccc1-n1cnc(C)c1. The molecule has 1 aliphatic rings. The zero-order valence-electron chi connectivity index (χ0n) is 15.5.